The molecule has 6 heteroatoms. The van der Waals surface area contributed by atoms with Crippen molar-refractivity contribution in [3.63, 3.8) is 0 Å². The van der Waals surface area contributed by atoms with Gasteiger partial charge < -0.3 is 10.1 Å². The fourth-order valence-corrected chi connectivity index (χ4v) is 3.11. The molecule has 2 aromatic heterocycles. The Kier molecular flexibility index (Phi) is 4.38. The number of amides is 1. The Morgan fingerprint density at radius 2 is 2.23 bits per heavy atom. The third-order valence-corrected chi connectivity index (χ3v) is 4.20. The summed E-state index contributed by atoms with van der Waals surface area (Å²) < 4.78 is 6.97. The number of carbonyl (C=O) groups is 1. The predicted molar refractivity (Wildman–Crippen MR) is 84.0 cm³/mol. The van der Waals surface area contributed by atoms with Crippen LogP contribution in [0.1, 0.15) is 47.8 Å². The number of hydrogen-bond acceptors (Lipinski definition) is 4. The van der Waals surface area contributed by atoms with E-state index in [1.165, 1.54) is 12.8 Å². The molecule has 0 bridgehead atoms. The van der Waals surface area contributed by atoms with Crippen molar-refractivity contribution in [3.8, 4) is 0 Å². The van der Waals surface area contributed by atoms with Crippen LogP contribution in [0.4, 0.5) is 0 Å². The van der Waals surface area contributed by atoms with Gasteiger partial charge in [-0.2, -0.15) is 5.10 Å². The summed E-state index contributed by atoms with van der Waals surface area (Å²) in [6.45, 7) is 2.91. The smallest absolute Gasteiger partial charge is 0.252 e. The molecule has 118 valence electrons. The minimum atomic E-state index is -0.0986. The maximum Gasteiger partial charge on any atom is 0.252 e. The lowest BCUT2D eigenvalue weighted by atomic mass is 10.1. The van der Waals surface area contributed by atoms with E-state index in [9.17, 15) is 4.79 Å². The first-order valence-corrected chi connectivity index (χ1v) is 7.82. The van der Waals surface area contributed by atoms with Gasteiger partial charge in [0, 0.05) is 19.3 Å². The molecule has 0 spiro atoms. The van der Waals surface area contributed by atoms with Gasteiger partial charge in [-0.25, -0.2) is 9.67 Å². The number of aromatic nitrogens is 3. The van der Waals surface area contributed by atoms with E-state index in [0.29, 0.717) is 24.8 Å². The first-order chi connectivity index (χ1) is 10.7. The lowest BCUT2D eigenvalue weighted by Crippen LogP contribution is -2.27. The Bertz CT molecular complexity index is 674. The van der Waals surface area contributed by atoms with E-state index in [0.717, 1.165) is 29.6 Å². The molecule has 0 aliphatic heterocycles. The third kappa shape index (κ3) is 2.83. The van der Waals surface area contributed by atoms with Crippen molar-refractivity contribution >= 4 is 16.9 Å². The largest absolute Gasteiger partial charge is 0.383 e. The molecule has 2 aromatic rings. The number of nitrogens with one attached hydrogen (secondary N) is 1. The number of aryl methyl sites for hydroxylation is 1. The van der Waals surface area contributed by atoms with Gasteiger partial charge in [0.1, 0.15) is 0 Å². The number of carbonyl (C=O) groups excluding carboxylic acids is 1. The van der Waals surface area contributed by atoms with Crippen LogP contribution in [-0.2, 0) is 4.74 Å². The van der Waals surface area contributed by atoms with Gasteiger partial charge in [0.15, 0.2) is 5.65 Å². The summed E-state index contributed by atoms with van der Waals surface area (Å²) in [5.41, 5.74) is 2.30. The van der Waals surface area contributed by atoms with E-state index in [-0.39, 0.29) is 5.91 Å². The van der Waals surface area contributed by atoms with E-state index in [4.69, 9.17) is 4.74 Å². The molecule has 0 unspecified atom stereocenters. The third-order valence-electron chi connectivity index (χ3n) is 4.20. The normalized spacial score (nSPS) is 15.5. The van der Waals surface area contributed by atoms with Crippen molar-refractivity contribution in [2.24, 2.45) is 0 Å². The molecule has 1 N–H and O–H groups in total. The van der Waals surface area contributed by atoms with Gasteiger partial charge in [-0.15, -0.1) is 0 Å². The van der Waals surface area contributed by atoms with E-state index in [1.807, 2.05) is 17.7 Å². The van der Waals surface area contributed by atoms with Crippen molar-refractivity contribution in [1.82, 2.24) is 20.1 Å². The van der Waals surface area contributed by atoms with Gasteiger partial charge >= 0.3 is 0 Å². The maximum atomic E-state index is 12.4. The molecule has 3 rings (SSSR count). The highest BCUT2D eigenvalue weighted by atomic mass is 16.5. The highest BCUT2D eigenvalue weighted by Gasteiger charge is 2.22. The Balaban J connectivity index is 1.95. The molecule has 1 aliphatic carbocycles. The Morgan fingerprint density at radius 1 is 1.45 bits per heavy atom. The quantitative estimate of drug-likeness (QED) is 0.860. The summed E-state index contributed by atoms with van der Waals surface area (Å²) in [4.78, 5) is 17.0. The maximum absolute atomic E-state index is 12.4. The zero-order chi connectivity index (χ0) is 15.5. The fourth-order valence-electron chi connectivity index (χ4n) is 3.11. The van der Waals surface area contributed by atoms with Crippen LogP contribution in [-0.4, -0.2) is 40.9 Å². The molecular weight excluding hydrogens is 280 g/mol. The summed E-state index contributed by atoms with van der Waals surface area (Å²) in [7, 11) is 1.62. The van der Waals surface area contributed by atoms with Crippen LogP contribution in [0.3, 0.4) is 0 Å². The molecule has 1 saturated carbocycles. The summed E-state index contributed by atoms with van der Waals surface area (Å²) in [6, 6.07) is 2.24. The number of rotatable bonds is 5. The molecule has 1 aliphatic rings. The van der Waals surface area contributed by atoms with Crippen LogP contribution in [0, 0.1) is 6.92 Å². The Morgan fingerprint density at radius 3 is 2.95 bits per heavy atom. The molecule has 6 nitrogen and oxygen atoms in total. The molecule has 1 amide bonds. The second kappa shape index (κ2) is 6.44. The second-order valence-corrected chi connectivity index (χ2v) is 5.82. The van der Waals surface area contributed by atoms with E-state index >= 15 is 0 Å². The predicted octanol–water partition coefficient (Wildman–Crippen LogP) is 2.23. The number of methoxy groups -OCH3 is 1. The standard InChI is InChI=1S/C16H22N4O2/c1-11-9-13(16(21)17-7-8-22-2)14-10-18-20(15(14)19-11)12-5-3-4-6-12/h9-10,12H,3-8H2,1-2H3,(H,17,21). The van der Waals surface area contributed by atoms with Gasteiger partial charge in [0.05, 0.1) is 29.8 Å². The van der Waals surface area contributed by atoms with Crippen LogP contribution < -0.4 is 5.32 Å². The number of nitrogens with zero attached hydrogens (tertiary/aromatic N) is 3. The van der Waals surface area contributed by atoms with Crippen LogP contribution >= 0.6 is 0 Å². The highest BCUT2D eigenvalue weighted by molar-refractivity contribution is 6.05. The average Bonchev–Trinajstić information content (AvgIpc) is 3.14. The van der Waals surface area contributed by atoms with E-state index < -0.39 is 0 Å². The first-order valence-electron chi connectivity index (χ1n) is 7.82. The number of ether oxygens (including phenoxy) is 1. The van der Waals surface area contributed by atoms with Gasteiger partial charge in [-0.3, -0.25) is 4.79 Å². The fraction of sp³-hybridized carbons (Fsp3) is 0.562. The summed E-state index contributed by atoms with van der Waals surface area (Å²) in [5, 5.41) is 8.20. The first kappa shape index (κ1) is 15.0. The summed E-state index contributed by atoms with van der Waals surface area (Å²) >= 11 is 0. The van der Waals surface area contributed by atoms with Crippen molar-refractivity contribution in [2.45, 2.75) is 38.6 Å². The topological polar surface area (TPSA) is 69.0 Å². The van der Waals surface area contributed by atoms with Crippen LogP contribution in [0.5, 0.6) is 0 Å². The minimum Gasteiger partial charge on any atom is -0.383 e. The summed E-state index contributed by atoms with van der Waals surface area (Å²) in [5.74, 6) is -0.0986. The molecule has 2 heterocycles. The molecule has 0 saturated heterocycles. The van der Waals surface area contributed by atoms with E-state index in [2.05, 4.69) is 15.4 Å². The molecule has 1 fully saturated rings. The van der Waals surface area contributed by atoms with Crippen LogP contribution in [0.25, 0.3) is 11.0 Å². The zero-order valence-corrected chi connectivity index (χ0v) is 13.1. The zero-order valence-electron chi connectivity index (χ0n) is 13.1. The van der Waals surface area contributed by atoms with Crippen molar-refractivity contribution in [1.29, 1.82) is 0 Å². The van der Waals surface area contributed by atoms with E-state index in [1.54, 1.807) is 13.3 Å². The van der Waals surface area contributed by atoms with Gasteiger partial charge in [0.2, 0.25) is 0 Å². The molecule has 0 atom stereocenters. The number of fused-ring (bicyclic) bond motifs is 1. The van der Waals surface area contributed by atoms with Crippen LogP contribution in [0.2, 0.25) is 0 Å². The van der Waals surface area contributed by atoms with Crippen molar-refractivity contribution in [2.75, 3.05) is 20.3 Å². The van der Waals surface area contributed by atoms with Crippen molar-refractivity contribution < 1.29 is 9.53 Å². The molecule has 22 heavy (non-hydrogen) atoms. The van der Waals surface area contributed by atoms with Crippen molar-refractivity contribution in [3.05, 3.63) is 23.5 Å². The van der Waals surface area contributed by atoms with Gasteiger partial charge in [-0.1, -0.05) is 12.8 Å². The minimum absolute atomic E-state index is 0.0986. The second-order valence-electron chi connectivity index (χ2n) is 5.82. The molecular formula is C16H22N4O2. The SMILES string of the molecule is COCCNC(=O)c1cc(C)nc2c1cnn2C1CCCC1. The number of hydrogen-bond donors (Lipinski definition) is 1. The highest BCUT2D eigenvalue weighted by Crippen LogP contribution is 2.31. The average molecular weight is 302 g/mol. The Labute approximate surface area is 129 Å². The Hall–Kier alpha value is -1.95. The lowest BCUT2D eigenvalue weighted by molar-refractivity contribution is 0.0938. The number of pyridine rings is 1. The monoisotopic (exact) mass is 302 g/mol. The van der Waals surface area contributed by atoms with Gasteiger partial charge in [0.25, 0.3) is 5.91 Å². The lowest BCUT2D eigenvalue weighted by Gasteiger charge is -2.12. The van der Waals surface area contributed by atoms with Gasteiger partial charge in [-0.05, 0) is 25.8 Å². The van der Waals surface area contributed by atoms with Crippen LogP contribution in [0.15, 0.2) is 12.3 Å². The molecule has 0 aromatic carbocycles. The summed E-state index contributed by atoms with van der Waals surface area (Å²) in [6.07, 6.45) is 6.53. The molecule has 0 radical (unpaired) electrons.